The Bertz CT molecular complexity index is 188. The molecule has 1 unspecified atom stereocenters. The molecule has 0 nitrogen and oxygen atoms in total. The van der Waals surface area contributed by atoms with Gasteiger partial charge >= 0.3 is 0 Å². The maximum atomic E-state index is 6.13. The molecular formula is C18H37Cl. The molecule has 0 radical (unpaired) electrons. The van der Waals surface area contributed by atoms with Gasteiger partial charge in [0.05, 0.1) is 0 Å². The van der Waals surface area contributed by atoms with E-state index >= 15 is 0 Å². The molecule has 0 saturated heterocycles. The van der Waals surface area contributed by atoms with Crippen LogP contribution in [0.2, 0.25) is 0 Å². The number of rotatable bonds is 13. The minimum absolute atomic E-state index is 0.349. The van der Waals surface area contributed by atoms with Crippen LogP contribution in [0.3, 0.4) is 0 Å². The number of alkyl halides is 1. The summed E-state index contributed by atoms with van der Waals surface area (Å²) < 4.78 is 0. The summed E-state index contributed by atoms with van der Waals surface area (Å²) in [5.41, 5.74) is 0.349. The van der Waals surface area contributed by atoms with Gasteiger partial charge in [0.1, 0.15) is 0 Å². The molecule has 0 aliphatic rings. The summed E-state index contributed by atoms with van der Waals surface area (Å²) in [5, 5.41) is 0. The zero-order valence-corrected chi connectivity index (χ0v) is 14.7. The van der Waals surface area contributed by atoms with Gasteiger partial charge in [-0.05, 0) is 17.8 Å². The number of hydrogen-bond donors (Lipinski definition) is 0. The molecular weight excluding hydrogens is 252 g/mol. The average Bonchev–Trinajstić information content (AvgIpc) is 2.40. The first-order valence-corrected chi connectivity index (χ1v) is 9.16. The van der Waals surface area contributed by atoms with Crippen molar-refractivity contribution in [3.05, 3.63) is 0 Å². The lowest BCUT2D eigenvalue weighted by molar-refractivity contribution is 0.226. The van der Waals surface area contributed by atoms with Gasteiger partial charge < -0.3 is 0 Å². The van der Waals surface area contributed by atoms with Gasteiger partial charge in [-0.25, -0.2) is 0 Å². The first-order valence-electron chi connectivity index (χ1n) is 8.62. The Hall–Kier alpha value is 0.290. The minimum Gasteiger partial charge on any atom is -0.126 e. The van der Waals surface area contributed by atoms with Gasteiger partial charge in [0.2, 0.25) is 0 Å². The van der Waals surface area contributed by atoms with Gasteiger partial charge in [-0.2, -0.15) is 0 Å². The van der Waals surface area contributed by atoms with Crippen molar-refractivity contribution in [3.8, 4) is 0 Å². The zero-order valence-electron chi connectivity index (χ0n) is 13.9. The van der Waals surface area contributed by atoms with Crippen LogP contribution in [-0.2, 0) is 0 Å². The molecule has 0 bridgehead atoms. The second kappa shape index (κ2) is 12.1. The molecule has 116 valence electrons. The van der Waals surface area contributed by atoms with Crippen LogP contribution in [0.15, 0.2) is 0 Å². The van der Waals surface area contributed by atoms with E-state index in [9.17, 15) is 0 Å². The summed E-state index contributed by atoms with van der Waals surface area (Å²) in [6.45, 7) is 9.24. The predicted octanol–water partition coefficient (Wildman–Crippen LogP) is 7.20. The third-order valence-electron chi connectivity index (χ3n) is 4.80. The molecule has 1 heteroatoms. The fraction of sp³-hybridized carbons (Fsp3) is 1.00. The first-order chi connectivity index (χ1) is 9.06. The highest BCUT2D eigenvalue weighted by Crippen LogP contribution is 2.34. The van der Waals surface area contributed by atoms with E-state index in [-0.39, 0.29) is 0 Å². The standard InChI is InChI=1S/C18H37Cl/c1-5-6-7-8-9-10-11-12-13-14-15-18(4,16-19)17(2)3/h17H,5-16H2,1-4H3. The Morgan fingerprint density at radius 3 is 1.58 bits per heavy atom. The van der Waals surface area contributed by atoms with Crippen LogP contribution >= 0.6 is 11.6 Å². The van der Waals surface area contributed by atoms with Crippen LogP contribution in [-0.4, -0.2) is 5.88 Å². The molecule has 0 saturated carbocycles. The topological polar surface area (TPSA) is 0 Å². The SMILES string of the molecule is CCCCCCCCCCCCC(C)(CCl)C(C)C. The molecule has 0 aromatic rings. The van der Waals surface area contributed by atoms with Crippen molar-refractivity contribution >= 4 is 11.6 Å². The Labute approximate surface area is 127 Å². The molecule has 0 aliphatic carbocycles. The Morgan fingerprint density at radius 1 is 0.789 bits per heavy atom. The van der Waals surface area contributed by atoms with E-state index in [1.54, 1.807) is 0 Å². The zero-order chi connectivity index (χ0) is 14.6. The highest BCUT2D eigenvalue weighted by molar-refractivity contribution is 6.18. The number of hydrogen-bond acceptors (Lipinski definition) is 0. The normalized spacial score (nSPS) is 14.8. The molecule has 0 aromatic carbocycles. The second-order valence-corrected chi connectivity index (χ2v) is 7.14. The highest BCUT2D eigenvalue weighted by Gasteiger charge is 2.26. The monoisotopic (exact) mass is 288 g/mol. The quantitative estimate of drug-likeness (QED) is 0.248. The van der Waals surface area contributed by atoms with Crippen LogP contribution in [0.5, 0.6) is 0 Å². The van der Waals surface area contributed by atoms with Crippen molar-refractivity contribution in [1.82, 2.24) is 0 Å². The molecule has 0 amide bonds. The lowest BCUT2D eigenvalue weighted by Gasteiger charge is -2.31. The van der Waals surface area contributed by atoms with Crippen LogP contribution in [0.4, 0.5) is 0 Å². The molecule has 0 heterocycles. The summed E-state index contributed by atoms with van der Waals surface area (Å²) in [6, 6.07) is 0. The fourth-order valence-electron chi connectivity index (χ4n) is 2.53. The van der Waals surface area contributed by atoms with E-state index in [2.05, 4.69) is 27.7 Å². The van der Waals surface area contributed by atoms with Gasteiger partial charge in [0.25, 0.3) is 0 Å². The summed E-state index contributed by atoms with van der Waals surface area (Å²) in [6.07, 6.45) is 15.5. The third kappa shape index (κ3) is 9.77. The Kier molecular flexibility index (Phi) is 12.2. The van der Waals surface area contributed by atoms with Gasteiger partial charge in [-0.1, -0.05) is 91.9 Å². The van der Waals surface area contributed by atoms with Crippen molar-refractivity contribution in [2.24, 2.45) is 11.3 Å². The molecule has 1 atom stereocenters. The maximum Gasteiger partial charge on any atom is 0.0279 e. The molecule has 0 fully saturated rings. The smallest absolute Gasteiger partial charge is 0.0279 e. The van der Waals surface area contributed by atoms with Crippen molar-refractivity contribution < 1.29 is 0 Å². The summed E-state index contributed by atoms with van der Waals surface area (Å²) >= 11 is 6.13. The molecule has 0 spiro atoms. The largest absolute Gasteiger partial charge is 0.126 e. The summed E-state index contributed by atoms with van der Waals surface area (Å²) in [5.74, 6) is 1.51. The Morgan fingerprint density at radius 2 is 1.21 bits per heavy atom. The maximum absolute atomic E-state index is 6.13. The Balaban J connectivity index is 3.35. The van der Waals surface area contributed by atoms with Crippen LogP contribution < -0.4 is 0 Å². The number of halogens is 1. The minimum atomic E-state index is 0.349. The fourth-order valence-corrected chi connectivity index (χ4v) is 2.97. The van der Waals surface area contributed by atoms with Gasteiger partial charge in [0.15, 0.2) is 0 Å². The van der Waals surface area contributed by atoms with Crippen molar-refractivity contribution in [3.63, 3.8) is 0 Å². The lowest BCUT2D eigenvalue weighted by Crippen LogP contribution is -2.25. The molecule has 0 rings (SSSR count). The van der Waals surface area contributed by atoms with E-state index in [0.717, 1.165) is 5.88 Å². The third-order valence-corrected chi connectivity index (χ3v) is 5.41. The van der Waals surface area contributed by atoms with Crippen molar-refractivity contribution in [2.45, 2.75) is 98.3 Å². The van der Waals surface area contributed by atoms with Crippen LogP contribution in [0, 0.1) is 11.3 Å². The lowest BCUT2D eigenvalue weighted by atomic mass is 9.77. The van der Waals surface area contributed by atoms with Gasteiger partial charge in [-0.3, -0.25) is 0 Å². The summed E-state index contributed by atoms with van der Waals surface area (Å²) in [7, 11) is 0. The van der Waals surface area contributed by atoms with Gasteiger partial charge in [0, 0.05) is 5.88 Å². The van der Waals surface area contributed by atoms with E-state index in [1.165, 1.54) is 70.6 Å². The van der Waals surface area contributed by atoms with E-state index in [0.29, 0.717) is 11.3 Å². The second-order valence-electron chi connectivity index (χ2n) is 6.87. The van der Waals surface area contributed by atoms with Crippen molar-refractivity contribution in [1.29, 1.82) is 0 Å². The first kappa shape index (κ1) is 19.3. The van der Waals surface area contributed by atoms with Gasteiger partial charge in [-0.15, -0.1) is 11.6 Å². The van der Waals surface area contributed by atoms with E-state index in [1.807, 2.05) is 0 Å². The van der Waals surface area contributed by atoms with E-state index < -0.39 is 0 Å². The number of unbranched alkanes of at least 4 members (excludes halogenated alkanes) is 9. The molecule has 0 aliphatic heterocycles. The van der Waals surface area contributed by atoms with E-state index in [4.69, 9.17) is 11.6 Å². The van der Waals surface area contributed by atoms with Crippen LogP contribution in [0.25, 0.3) is 0 Å². The molecule has 0 aromatic heterocycles. The van der Waals surface area contributed by atoms with Crippen molar-refractivity contribution in [2.75, 3.05) is 5.88 Å². The highest BCUT2D eigenvalue weighted by atomic mass is 35.5. The predicted molar refractivity (Wildman–Crippen MR) is 90.1 cm³/mol. The molecule has 19 heavy (non-hydrogen) atoms. The molecule has 0 N–H and O–H groups in total. The summed E-state index contributed by atoms with van der Waals surface area (Å²) in [4.78, 5) is 0. The average molecular weight is 289 g/mol. The van der Waals surface area contributed by atoms with Crippen LogP contribution in [0.1, 0.15) is 98.3 Å².